The van der Waals surface area contributed by atoms with Gasteiger partial charge in [-0.15, -0.1) is 0 Å². The number of hydrogen-bond acceptors (Lipinski definition) is 8. The second kappa shape index (κ2) is 8.63. The molecule has 0 unspecified atom stereocenters. The summed E-state index contributed by atoms with van der Waals surface area (Å²) < 4.78 is 32.9. The molecule has 0 amide bonds. The lowest BCUT2D eigenvalue weighted by Crippen LogP contribution is -2.34. The van der Waals surface area contributed by atoms with Crippen molar-refractivity contribution >= 4 is 17.3 Å². The first-order valence-corrected chi connectivity index (χ1v) is 10.0. The Bertz CT molecular complexity index is 1120. The molecule has 160 valence electrons. The van der Waals surface area contributed by atoms with Crippen molar-refractivity contribution in [3.8, 4) is 6.07 Å². The summed E-state index contributed by atoms with van der Waals surface area (Å²) in [5.41, 5.74) is 0.0710. The van der Waals surface area contributed by atoms with Gasteiger partial charge < -0.3 is 14.7 Å². The molecule has 1 saturated heterocycles. The zero-order chi connectivity index (χ0) is 22.0. The molecular formula is C21H21F2N7O. The maximum atomic E-state index is 14.0. The molecule has 3 aromatic rings. The van der Waals surface area contributed by atoms with Gasteiger partial charge in [0.05, 0.1) is 5.69 Å². The highest BCUT2D eigenvalue weighted by Gasteiger charge is 2.28. The summed E-state index contributed by atoms with van der Waals surface area (Å²) in [7, 11) is 0. The minimum absolute atomic E-state index is 0.0998. The highest BCUT2D eigenvalue weighted by atomic mass is 19.1. The predicted octanol–water partition coefficient (Wildman–Crippen LogP) is 4.26. The van der Waals surface area contributed by atoms with Gasteiger partial charge in [-0.2, -0.15) is 10.2 Å². The van der Waals surface area contributed by atoms with E-state index in [1.165, 1.54) is 6.33 Å². The van der Waals surface area contributed by atoms with Crippen LogP contribution in [0.1, 0.15) is 55.8 Å². The van der Waals surface area contributed by atoms with Gasteiger partial charge in [-0.25, -0.2) is 18.7 Å². The van der Waals surface area contributed by atoms with E-state index in [1.54, 1.807) is 0 Å². The summed E-state index contributed by atoms with van der Waals surface area (Å²) in [4.78, 5) is 14.8. The first kappa shape index (κ1) is 20.7. The maximum Gasteiger partial charge on any atom is 0.229 e. The average Bonchev–Trinajstić information content (AvgIpc) is 3.27. The third-order valence-corrected chi connectivity index (χ3v) is 5.24. The van der Waals surface area contributed by atoms with Gasteiger partial charge in [-0.05, 0) is 25.0 Å². The number of nitrogens with one attached hydrogen (secondary N) is 1. The van der Waals surface area contributed by atoms with E-state index >= 15 is 0 Å². The molecule has 3 heterocycles. The van der Waals surface area contributed by atoms with Crippen LogP contribution in [0.5, 0.6) is 0 Å². The number of anilines is 3. The van der Waals surface area contributed by atoms with E-state index in [4.69, 9.17) is 4.52 Å². The number of hydrogen-bond donors (Lipinski definition) is 1. The Kier molecular flexibility index (Phi) is 5.75. The van der Waals surface area contributed by atoms with Gasteiger partial charge in [0.1, 0.15) is 29.6 Å². The summed E-state index contributed by atoms with van der Waals surface area (Å²) >= 11 is 0. The molecule has 1 N–H and O–H groups in total. The minimum atomic E-state index is -0.647. The molecule has 1 aromatic carbocycles. The van der Waals surface area contributed by atoms with Crippen molar-refractivity contribution in [3.63, 3.8) is 0 Å². The fourth-order valence-electron chi connectivity index (χ4n) is 3.52. The predicted molar refractivity (Wildman–Crippen MR) is 109 cm³/mol. The van der Waals surface area contributed by atoms with E-state index in [0.29, 0.717) is 30.6 Å². The van der Waals surface area contributed by atoms with Crippen LogP contribution in [0.4, 0.5) is 26.1 Å². The third kappa shape index (κ3) is 4.30. The van der Waals surface area contributed by atoms with E-state index in [1.807, 2.05) is 18.7 Å². The summed E-state index contributed by atoms with van der Waals surface area (Å²) in [5, 5.41) is 16.5. The molecule has 0 bridgehead atoms. The standard InChI is InChI=1S/C21H21F2N7O/c1-12(2)18-28-21(31-29-18)13-5-7-30(8-6-13)20-15(10-24)19(25-11-26-20)27-17-9-14(22)3-4-16(17)23/h3-4,9,11-13H,5-8H2,1-2H3,(H,25,26,27). The average molecular weight is 425 g/mol. The van der Waals surface area contributed by atoms with E-state index in [9.17, 15) is 14.0 Å². The van der Waals surface area contributed by atoms with Gasteiger partial charge in [0.15, 0.2) is 17.5 Å². The molecule has 4 rings (SSSR count). The molecule has 1 aliphatic heterocycles. The van der Waals surface area contributed by atoms with E-state index < -0.39 is 11.6 Å². The molecule has 0 spiro atoms. The lowest BCUT2D eigenvalue weighted by atomic mass is 9.96. The normalized spacial score (nSPS) is 14.6. The second-order valence-corrected chi connectivity index (χ2v) is 7.69. The Labute approximate surface area is 177 Å². The Morgan fingerprint density at radius 3 is 2.68 bits per heavy atom. The minimum Gasteiger partial charge on any atom is -0.355 e. The Balaban J connectivity index is 1.52. The summed E-state index contributed by atoms with van der Waals surface area (Å²) in [6.07, 6.45) is 2.82. The zero-order valence-corrected chi connectivity index (χ0v) is 17.1. The van der Waals surface area contributed by atoms with Crippen LogP contribution in [0, 0.1) is 23.0 Å². The van der Waals surface area contributed by atoms with Crippen molar-refractivity contribution in [2.45, 2.75) is 38.5 Å². The molecule has 31 heavy (non-hydrogen) atoms. The van der Waals surface area contributed by atoms with Gasteiger partial charge in [-0.1, -0.05) is 19.0 Å². The number of aromatic nitrogens is 4. The molecule has 1 fully saturated rings. The zero-order valence-electron chi connectivity index (χ0n) is 17.1. The second-order valence-electron chi connectivity index (χ2n) is 7.69. The maximum absolute atomic E-state index is 14.0. The first-order chi connectivity index (χ1) is 15.0. The van der Waals surface area contributed by atoms with Crippen molar-refractivity contribution in [1.29, 1.82) is 5.26 Å². The quantitative estimate of drug-likeness (QED) is 0.647. The highest BCUT2D eigenvalue weighted by molar-refractivity contribution is 5.70. The number of nitriles is 1. The fourth-order valence-corrected chi connectivity index (χ4v) is 3.52. The van der Waals surface area contributed by atoms with Crippen molar-refractivity contribution in [1.82, 2.24) is 20.1 Å². The van der Waals surface area contributed by atoms with Crippen LogP contribution < -0.4 is 10.2 Å². The number of halogens is 2. The van der Waals surface area contributed by atoms with Crippen LogP contribution >= 0.6 is 0 Å². The van der Waals surface area contributed by atoms with E-state index in [0.717, 1.165) is 31.0 Å². The van der Waals surface area contributed by atoms with E-state index in [-0.39, 0.29) is 28.9 Å². The highest BCUT2D eigenvalue weighted by Crippen LogP contribution is 2.32. The lowest BCUT2D eigenvalue weighted by molar-refractivity contribution is 0.325. The fraction of sp³-hybridized carbons (Fsp3) is 0.381. The lowest BCUT2D eigenvalue weighted by Gasteiger charge is -2.31. The van der Waals surface area contributed by atoms with Crippen LogP contribution in [0.25, 0.3) is 0 Å². The summed E-state index contributed by atoms with van der Waals surface area (Å²) in [6, 6.07) is 5.14. The Morgan fingerprint density at radius 1 is 1.23 bits per heavy atom. The number of piperidine rings is 1. The van der Waals surface area contributed by atoms with E-state index in [2.05, 4.69) is 31.5 Å². The number of benzene rings is 1. The molecule has 0 saturated carbocycles. The van der Waals surface area contributed by atoms with Crippen molar-refractivity contribution in [2.75, 3.05) is 23.3 Å². The van der Waals surface area contributed by atoms with Crippen LogP contribution in [-0.2, 0) is 0 Å². The van der Waals surface area contributed by atoms with Crippen molar-refractivity contribution < 1.29 is 13.3 Å². The van der Waals surface area contributed by atoms with Gasteiger partial charge in [0.2, 0.25) is 5.89 Å². The molecule has 0 radical (unpaired) electrons. The molecule has 1 aliphatic rings. The van der Waals surface area contributed by atoms with Crippen LogP contribution in [0.2, 0.25) is 0 Å². The molecular weight excluding hydrogens is 404 g/mol. The summed E-state index contributed by atoms with van der Waals surface area (Å²) in [5.74, 6) is 0.997. The van der Waals surface area contributed by atoms with Crippen LogP contribution in [0.15, 0.2) is 29.0 Å². The number of nitrogens with zero attached hydrogens (tertiary/aromatic N) is 6. The van der Waals surface area contributed by atoms with Gasteiger partial charge in [0, 0.05) is 31.0 Å². The van der Waals surface area contributed by atoms with Gasteiger partial charge in [-0.3, -0.25) is 0 Å². The summed E-state index contributed by atoms with van der Waals surface area (Å²) in [6.45, 7) is 5.28. The van der Waals surface area contributed by atoms with Crippen molar-refractivity contribution in [3.05, 3.63) is 53.4 Å². The molecule has 0 aliphatic carbocycles. The Hall–Kier alpha value is -3.61. The molecule has 10 heteroatoms. The molecule has 2 aromatic heterocycles. The van der Waals surface area contributed by atoms with Crippen LogP contribution in [-0.4, -0.2) is 33.2 Å². The smallest absolute Gasteiger partial charge is 0.229 e. The van der Waals surface area contributed by atoms with Crippen molar-refractivity contribution in [2.24, 2.45) is 0 Å². The van der Waals surface area contributed by atoms with Gasteiger partial charge in [0.25, 0.3) is 0 Å². The SMILES string of the molecule is CC(C)c1noc(C2CCN(c3ncnc(Nc4cc(F)ccc4F)c3C#N)CC2)n1. The third-order valence-electron chi connectivity index (χ3n) is 5.24. The number of rotatable bonds is 5. The monoisotopic (exact) mass is 425 g/mol. The topological polar surface area (TPSA) is 104 Å². The molecule has 8 nitrogen and oxygen atoms in total. The van der Waals surface area contributed by atoms with Crippen LogP contribution in [0.3, 0.4) is 0 Å². The molecule has 0 atom stereocenters. The largest absolute Gasteiger partial charge is 0.355 e. The van der Waals surface area contributed by atoms with Gasteiger partial charge >= 0.3 is 0 Å². The Morgan fingerprint density at radius 2 is 2.00 bits per heavy atom. The first-order valence-electron chi connectivity index (χ1n) is 10.0.